The first-order valence-electron chi connectivity index (χ1n) is 3.89. The van der Waals surface area contributed by atoms with Crippen LogP contribution in [0.2, 0.25) is 0 Å². The fourth-order valence-electron chi connectivity index (χ4n) is 0.914. The largest absolute Gasteiger partial charge is 0.327 e. The summed E-state index contributed by atoms with van der Waals surface area (Å²) >= 11 is 0. The summed E-state index contributed by atoms with van der Waals surface area (Å²) in [4.78, 5) is 23.2. The van der Waals surface area contributed by atoms with Crippen molar-refractivity contribution in [1.82, 2.24) is 4.98 Å². The van der Waals surface area contributed by atoms with Gasteiger partial charge in [0.1, 0.15) is 0 Å². The van der Waals surface area contributed by atoms with Crippen molar-refractivity contribution >= 4 is 11.8 Å². The zero-order valence-electron chi connectivity index (χ0n) is 7.27. The van der Waals surface area contributed by atoms with E-state index in [1.165, 1.54) is 12.1 Å². The first kappa shape index (κ1) is 10.1. The number of hydrogen-bond donors (Lipinski definition) is 2. The molecule has 6 heteroatoms. The van der Waals surface area contributed by atoms with Gasteiger partial charge in [0.15, 0.2) is 0 Å². The molecule has 0 aliphatic carbocycles. The van der Waals surface area contributed by atoms with Crippen molar-refractivity contribution in [2.45, 2.75) is 0 Å². The minimum atomic E-state index is -0.574. The minimum absolute atomic E-state index is 0.152. The Kier molecular flexibility index (Phi) is 3.14. The first-order chi connectivity index (χ1) is 6.65. The Hall–Kier alpha value is -1.95. The molecule has 0 unspecified atom stereocenters. The van der Waals surface area contributed by atoms with E-state index in [0.29, 0.717) is 0 Å². The van der Waals surface area contributed by atoms with Gasteiger partial charge in [0.2, 0.25) is 0 Å². The van der Waals surface area contributed by atoms with E-state index in [-0.39, 0.29) is 23.4 Å². The van der Waals surface area contributed by atoms with Gasteiger partial charge < -0.3 is 10.7 Å². The lowest BCUT2D eigenvalue weighted by Gasteiger charge is -1.93. The predicted molar refractivity (Wildman–Crippen MR) is 51.8 cm³/mol. The van der Waals surface area contributed by atoms with Crippen LogP contribution < -0.4 is 11.3 Å². The molecule has 0 saturated carbocycles. The van der Waals surface area contributed by atoms with Crippen LogP contribution >= 0.6 is 0 Å². The number of hydrogen-bond acceptors (Lipinski definition) is 4. The number of aromatic amines is 1. The van der Waals surface area contributed by atoms with E-state index >= 15 is 0 Å². The van der Waals surface area contributed by atoms with Crippen LogP contribution in [-0.4, -0.2) is 16.5 Å². The van der Waals surface area contributed by atoms with Crippen LogP contribution in [0.4, 0.5) is 5.69 Å². The fraction of sp³-hybridized carbons (Fsp3) is 0.125. The molecule has 0 spiro atoms. The third-order valence-electron chi connectivity index (χ3n) is 1.56. The number of nitrogens with zero attached hydrogens (tertiary/aromatic N) is 1. The van der Waals surface area contributed by atoms with Gasteiger partial charge in [-0.25, -0.2) is 0 Å². The Bertz CT molecular complexity index is 422. The lowest BCUT2D eigenvalue weighted by atomic mass is 10.2. The molecule has 0 bridgehead atoms. The van der Waals surface area contributed by atoms with Gasteiger partial charge in [0.05, 0.1) is 11.1 Å². The fourth-order valence-corrected chi connectivity index (χ4v) is 0.914. The Labute approximate surface area is 79.2 Å². The van der Waals surface area contributed by atoms with Gasteiger partial charge in [-0.15, -0.1) is 0 Å². The molecule has 1 aromatic rings. The smallest absolute Gasteiger partial charge is 0.286 e. The van der Waals surface area contributed by atoms with Gasteiger partial charge in [0.25, 0.3) is 11.2 Å². The molecule has 14 heavy (non-hydrogen) atoms. The van der Waals surface area contributed by atoms with Crippen LogP contribution in [0.3, 0.4) is 0 Å². The number of nitro groups is 1. The lowest BCUT2D eigenvalue weighted by molar-refractivity contribution is -0.385. The Balaban J connectivity index is 3.15. The number of nitrogens with two attached hydrogens (primary N) is 1. The summed E-state index contributed by atoms with van der Waals surface area (Å²) in [6.07, 6.45) is 4.06. The van der Waals surface area contributed by atoms with E-state index in [4.69, 9.17) is 5.73 Å². The summed E-state index contributed by atoms with van der Waals surface area (Å²) < 4.78 is 0. The molecule has 1 heterocycles. The maximum atomic E-state index is 11.1. The van der Waals surface area contributed by atoms with Crippen molar-refractivity contribution in [1.29, 1.82) is 0 Å². The average Bonchev–Trinajstić information content (AvgIpc) is 2.16. The van der Waals surface area contributed by atoms with Crippen molar-refractivity contribution in [2.75, 3.05) is 6.54 Å². The second kappa shape index (κ2) is 4.33. The highest BCUT2D eigenvalue weighted by atomic mass is 16.6. The zero-order valence-corrected chi connectivity index (χ0v) is 7.27. The summed E-state index contributed by atoms with van der Waals surface area (Å²) in [5.74, 6) is 0. The number of H-pyrrole nitrogens is 1. The maximum absolute atomic E-state index is 11.1. The van der Waals surface area contributed by atoms with Gasteiger partial charge in [-0.05, 0) is 0 Å². The number of pyridine rings is 1. The summed E-state index contributed by atoms with van der Waals surface area (Å²) in [5, 5.41) is 10.4. The molecule has 1 aromatic heterocycles. The molecule has 1 rings (SSSR count). The summed E-state index contributed by atoms with van der Waals surface area (Å²) in [6, 6.07) is 1.20. The third kappa shape index (κ3) is 2.27. The molecular formula is C8H9N3O3. The van der Waals surface area contributed by atoms with E-state index in [1.807, 2.05) is 0 Å². The predicted octanol–water partition coefficient (Wildman–Crippen LogP) is 0.255. The SMILES string of the molecule is NCC=Cc1cc([N+](=O)[O-])c[nH]c1=O. The molecule has 0 radical (unpaired) electrons. The molecule has 0 saturated heterocycles. The average molecular weight is 195 g/mol. The number of rotatable bonds is 3. The van der Waals surface area contributed by atoms with Gasteiger partial charge in [0, 0.05) is 18.2 Å². The van der Waals surface area contributed by atoms with Crippen LogP contribution in [0.5, 0.6) is 0 Å². The monoisotopic (exact) mass is 195 g/mol. The van der Waals surface area contributed by atoms with Crippen LogP contribution in [-0.2, 0) is 0 Å². The minimum Gasteiger partial charge on any atom is -0.327 e. The summed E-state index contributed by atoms with van der Waals surface area (Å²) in [7, 11) is 0. The second-order valence-corrected chi connectivity index (χ2v) is 2.54. The van der Waals surface area contributed by atoms with Gasteiger partial charge >= 0.3 is 0 Å². The van der Waals surface area contributed by atoms with Crippen molar-refractivity contribution in [3.63, 3.8) is 0 Å². The van der Waals surface area contributed by atoms with Gasteiger partial charge in [-0.3, -0.25) is 14.9 Å². The highest BCUT2D eigenvalue weighted by Crippen LogP contribution is 2.08. The van der Waals surface area contributed by atoms with Crippen molar-refractivity contribution in [3.05, 3.63) is 44.4 Å². The first-order valence-corrected chi connectivity index (χ1v) is 3.89. The van der Waals surface area contributed by atoms with Crippen molar-refractivity contribution in [3.8, 4) is 0 Å². The molecule has 74 valence electrons. The van der Waals surface area contributed by atoms with Crippen LogP contribution in [0.15, 0.2) is 23.1 Å². The van der Waals surface area contributed by atoms with E-state index in [9.17, 15) is 14.9 Å². The molecule has 0 aliphatic heterocycles. The normalized spacial score (nSPS) is 10.6. The number of nitrogens with one attached hydrogen (secondary N) is 1. The quantitative estimate of drug-likeness (QED) is 0.533. The van der Waals surface area contributed by atoms with Crippen LogP contribution in [0.1, 0.15) is 5.56 Å². The zero-order chi connectivity index (χ0) is 10.6. The molecule has 0 fully saturated rings. The van der Waals surface area contributed by atoms with E-state index in [0.717, 1.165) is 6.20 Å². The van der Waals surface area contributed by atoms with Crippen molar-refractivity contribution in [2.24, 2.45) is 5.73 Å². The van der Waals surface area contributed by atoms with Gasteiger partial charge in [-0.2, -0.15) is 0 Å². The number of aromatic nitrogens is 1. The third-order valence-corrected chi connectivity index (χ3v) is 1.56. The van der Waals surface area contributed by atoms with E-state index < -0.39 is 4.92 Å². The highest BCUT2D eigenvalue weighted by Gasteiger charge is 2.06. The van der Waals surface area contributed by atoms with Gasteiger partial charge in [-0.1, -0.05) is 12.2 Å². The Morgan fingerprint density at radius 3 is 2.93 bits per heavy atom. The lowest BCUT2D eigenvalue weighted by Crippen LogP contribution is -2.09. The molecule has 3 N–H and O–H groups in total. The molecule has 0 atom stereocenters. The molecule has 6 nitrogen and oxygen atoms in total. The highest BCUT2D eigenvalue weighted by molar-refractivity contribution is 5.51. The van der Waals surface area contributed by atoms with E-state index in [1.54, 1.807) is 6.08 Å². The topological polar surface area (TPSA) is 102 Å². The molecular weight excluding hydrogens is 186 g/mol. The maximum Gasteiger partial charge on any atom is 0.286 e. The van der Waals surface area contributed by atoms with Crippen LogP contribution in [0.25, 0.3) is 6.08 Å². The van der Waals surface area contributed by atoms with Crippen LogP contribution in [0, 0.1) is 10.1 Å². The standard InChI is InChI=1S/C8H9N3O3/c9-3-1-2-6-4-7(11(13)14)5-10-8(6)12/h1-2,4-5H,3,9H2,(H,10,12). The Morgan fingerprint density at radius 1 is 1.64 bits per heavy atom. The molecule has 0 aromatic carbocycles. The van der Waals surface area contributed by atoms with E-state index in [2.05, 4.69) is 4.98 Å². The summed E-state index contributed by atoms with van der Waals surface area (Å²) in [6.45, 7) is 0.280. The second-order valence-electron chi connectivity index (χ2n) is 2.54. The summed E-state index contributed by atoms with van der Waals surface area (Å²) in [5.41, 5.74) is 4.89. The van der Waals surface area contributed by atoms with Crippen molar-refractivity contribution < 1.29 is 4.92 Å². The Morgan fingerprint density at radius 2 is 2.36 bits per heavy atom. The molecule has 0 amide bonds. The molecule has 0 aliphatic rings.